The Hall–Kier alpha value is -2.72. The zero-order chi connectivity index (χ0) is 22.5. The smallest absolute Gasteiger partial charge is 0.342 e. The summed E-state index contributed by atoms with van der Waals surface area (Å²) in [5.41, 5.74) is 6.14. The average molecular weight is 481 g/mol. The van der Waals surface area contributed by atoms with Crippen molar-refractivity contribution in [3.05, 3.63) is 85.0 Å². The molecule has 162 valence electrons. The molecule has 2 aromatic carbocycles. The Morgan fingerprint density at radius 1 is 1.10 bits per heavy atom. The van der Waals surface area contributed by atoms with Gasteiger partial charge < -0.3 is 10.5 Å². The minimum atomic E-state index is -0.855. The van der Waals surface area contributed by atoms with Crippen LogP contribution < -0.4 is 16.2 Å². The van der Waals surface area contributed by atoms with Gasteiger partial charge in [0.05, 0.1) is 6.54 Å². The first-order valence-electron chi connectivity index (χ1n) is 9.07. The van der Waals surface area contributed by atoms with Gasteiger partial charge in [-0.2, -0.15) is 4.99 Å². The van der Waals surface area contributed by atoms with Crippen molar-refractivity contribution in [1.29, 1.82) is 0 Å². The maximum atomic E-state index is 12.9. The molecule has 0 radical (unpaired) electrons. The summed E-state index contributed by atoms with van der Waals surface area (Å²) in [6.45, 7) is 1.28. The van der Waals surface area contributed by atoms with E-state index in [2.05, 4.69) is 4.99 Å². The molecule has 0 aliphatic rings. The number of nitrogens with two attached hydrogens (primary N) is 1. The highest BCUT2D eigenvalue weighted by molar-refractivity contribution is 7.03. The first-order chi connectivity index (χ1) is 14.7. The van der Waals surface area contributed by atoms with E-state index in [0.717, 1.165) is 21.7 Å². The minimum absolute atomic E-state index is 0.0800. The third-order valence-electron chi connectivity index (χ3n) is 4.10. The van der Waals surface area contributed by atoms with Crippen LogP contribution in [0, 0.1) is 0 Å². The number of nitrogens with zero attached hydrogens (tertiary/aromatic N) is 3. The number of amides is 1. The maximum absolute atomic E-state index is 12.9. The molecule has 0 spiro atoms. The third kappa shape index (κ3) is 5.92. The number of esters is 1. The third-order valence-corrected chi connectivity index (χ3v) is 5.59. The van der Waals surface area contributed by atoms with Gasteiger partial charge in [-0.3, -0.25) is 9.59 Å². The predicted octanol–water partition coefficient (Wildman–Crippen LogP) is 2.66. The quantitative estimate of drug-likeness (QED) is 0.545. The molecule has 31 heavy (non-hydrogen) atoms. The van der Waals surface area contributed by atoms with Crippen molar-refractivity contribution in [2.24, 2.45) is 10.7 Å². The van der Waals surface area contributed by atoms with Gasteiger partial charge >= 0.3 is 11.7 Å². The molecule has 1 unspecified atom stereocenters. The number of hydrogen-bond donors (Lipinski definition) is 1. The molecule has 1 heterocycles. The van der Waals surface area contributed by atoms with Crippen LogP contribution in [0.1, 0.15) is 22.8 Å². The monoisotopic (exact) mass is 480 g/mol. The van der Waals surface area contributed by atoms with Crippen molar-refractivity contribution in [3.63, 3.8) is 0 Å². The van der Waals surface area contributed by atoms with Crippen LogP contribution in [0.25, 0.3) is 0 Å². The second kappa shape index (κ2) is 10.1. The fourth-order valence-corrected chi connectivity index (χ4v) is 3.65. The van der Waals surface area contributed by atoms with Gasteiger partial charge in [-0.05, 0) is 60.4 Å². The van der Waals surface area contributed by atoms with Crippen LogP contribution in [-0.2, 0) is 22.8 Å². The van der Waals surface area contributed by atoms with Crippen LogP contribution in [0.4, 0.5) is 0 Å². The molecule has 0 aliphatic carbocycles. The van der Waals surface area contributed by atoms with Crippen LogP contribution >= 0.6 is 34.7 Å². The molecule has 0 fully saturated rings. The Morgan fingerprint density at radius 2 is 1.68 bits per heavy atom. The highest BCUT2D eigenvalue weighted by atomic mass is 35.5. The molecule has 8 nitrogen and oxygen atoms in total. The normalized spacial score (nSPS) is 12.6. The van der Waals surface area contributed by atoms with Gasteiger partial charge in [-0.1, -0.05) is 35.3 Å². The lowest BCUT2D eigenvalue weighted by Gasteiger charge is -2.07. The lowest BCUT2D eigenvalue weighted by Crippen LogP contribution is -2.35. The summed E-state index contributed by atoms with van der Waals surface area (Å²) < 4.78 is 7.59. The summed E-state index contributed by atoms with van der Waals surface area (Å²) in [4.78, 5) is 41.4. The summed E-state index contributed by atoms with van der Waals surface area (Å²) >= 11 is 12.7. The Kier molecular flexibility index (Phi) is 7.45. The first-order valence-corrected chi connectivity index (χ1v) is 10.6. The number of aromatic nitrogens is 2. The van der Waals surface area contributed by atoms with E-state index in [4.69, 9.17) is 33.7 Å². The van der Waals surface area contributed by atoms with E-state index in [1.54, 1.807) is 36.4 Å². The SMILES string of the molecule is CC(N)C(=O)OCn1c(=NC(=O)c2ccc(Cl)cc2)sn(Cc2ccc(Cl)cc2)c1=O. The zero-order valence-corrected chi connectivity index (χ0v) is 18.7. The Balaban J connectivity index is 1.99. The van der Waals surface area contributed by atoms with Crippen molar-refractivity contribution in [2.45, 2.75) is 26.2 Å². The maximum Gasteiger partial charge on any atom is 0.342 e. The molecule has 3 rings (SSSR count). The molecule has 1 aromatic heterocycles. The molecule has 0 saturated heterocycles. The van der Waals surface area contributed by atoms with Gasteiger partial charge in [0.25, 0.3) is 5.91 Å². The molecular formula is C20H18Cl2N4O4S. The Bertz CT molecular complexity index is 1210. The number of halogens is 2. The zero-order valence-electron chi connectivity index (χ0n) is 16.3. The first kappa shape index (κ1) is 23.0. The number of rotatable bonds is 6. The number of benzene rings is 2. The van der Waals surface area contributed by atoms with Crippen molar-refractivity contribution >= 4 is 46.6 Å². The van der Waals surface area contributed by atoms with Crippen LogP contribution in [0.3, 0.4) is 0 Å². The molecule has 0 bridgehead atoms. The highest BCUT2D eigenvalue weighted by Crippen LogP contribution is 2.11. The topological polar surface area (TPSA) is 109 Å². The summed E-state index contributed by atoms with van der Waals surface area (Å²) in [5, 5.41) is 1.05. The van der Waals surface area contributed by atoms with Crippen LogP contribution in [-0.4, -0.2) is 26.4 Å². The number of carbonyl (C=O) groups excluding carboxylic acids is 2. The molecule has 1 amide bonds. The lowest BCUT2D eigenvalue weighted by atomic mass is 10.2. The fraction of sp³-hybridized carbons (Fsp3) is 0.200. The second-order valence-electron chi connectivity index (χ2n) is 6.55. The van der Waals surface area contributed by atoms with E-state index in [-0.39, 0.29) is 11.3 Å². The van der Waals surface area contributed by atoms with Crippen molar-refractivity contribution in [1.82, 2.24) is 8.52 Å². The molecule has 1 atom stereocenters. The molecule has 2 N–H and O–H groups in total. The molecule has 0 saturated carbocycles. The number of carbonyl (C=O) groups is 2. The average Bonchev–Trinajstić information content (AvgIpc) is 3.02. The van der Waals surface area contributed by atoms with Crippen LogP contribution in [0.15, 0.2) is 58.3 Å². The van der Waals surface area contributed by atoms with Gasteiger partial charge in [0, 0.05) is 15.6 Å². The number of ether oxygens (including phenoxy) is 1. The second-order valence-corrected chi connectivity index (χ2v) is 8.41. The Labute approximate surface area is 191 Å². The van der Waals surface area contributed by atoms with E-state index in [0.29, 0.717) is 15.6 Å². The summed E-state index contributed by atoms with van der Waals surface area (Å²) in [7, 11) is 0. The van der Waals surface area contributed by atoms with Crippen LogP contribution in [0.2, 0.25) is 10.0 Å². The van der Waals surface area contributed by atoms with Crippen molar-refractivity contribution in [2.75, 3.05) is 0 Å². The van der Waals surface area contributed by atoms with Crippen LogP contribution in [0.5, 0.6) is 0 Å². The summed E-state index contributed by atoms with van der Waals surface area (Å²) in [6, 6.07) is 12.3. The molecule has 11 heteroatoms. The van der Waals surface area contributed by atoms with Gasteiger partial charge in [-0.15, -0.1) is 0 Å². The van der Waals surface area contributed by atoms with Crippen molar-refractivity contribution < 1.29 is 14.3 Å². The lowest BCUT2D eigenvalue weighted by molar-refractivity contribution is -0.148. The van der Waals surface area contributed by atoms with Gasteiger partial charge in [0.2, 0.25) is 4.80 Å². The Morgan fingerprint density at radius 3 is 2.26 bits per heavy atom. The van der Waals surface area contributed by atoms with E-state index in [1.807, 2.05) is 0 Å². The fourth-order valence-electron chi connectivity index (χ4n) is 2.45. The van der Waals surface area contributed by atoms with Crippen molar-refractivity contribution in [3.8, 4) is 0 Å². The van der Waals surface area contributed by atoms with E-state index >= 15 is 0 Å². The highest BCUT2D eigenvalue weighted by Gasteiger charge is 2.15. The van der Waals surface area contributed by atoms with E-state index in [1.165, 1.54) is 23.0 Å². The minimum Gasteiger partial charge on any atom is -0.442 e. The molecular weight excluding hydrogens is 463 g/mol. The predicted molar refractivity (Wildman–Crippen MR) is 118 cm³/mol. The summed E-state index contributed by atoms with van der Waals surface area (Å²) in [6.07, 6.45) is 0. The van der Waals surface area contributed by atoms with Gasteiger partial charge in [-0.25, -0.2) is 13.3 Å². The van der Waals surface area contributed by atoms with E-state index < -0.39 is 30.3 Å². The van der Waals surface area contributed by atoms with E-state index in [9.17, 15) is 14.4 Å². The number of hydrogen-bond acceptors (Lipinski definition) is 6. The largest absolute Gasteiger partial charge is 0.442 e. The van der Waals surface area contributed by atoms with Gasteiger partial charge in [0.15, 0.2) is 6.73 Å². The van der Waals surface area contributed by atoms with Gasteiger partial charge in [0.1, 0.15) is 6.04 Å². The molecule has 0 aliphatic heterocycles. The standard InChI is InChI=1S/C20H18Cl2N4O4S/c1-12(23)18(28)30-11-25-19(24-17(27)14-4-8-16(22)9-5-14)31-26(20(25)29)10-13-2-6-15(21)7-3-13/h2-9,12H,10-11,23H2,1H3. The summed E-state index contributed by atoms with van der Waals surface area (Å²) in [5.74, 6) is -1.25. The molecule has 3 aromatic rings.